The van der Waals surface area contributed by atoms with Crippen LogP contribution in [-0.4, -0.2) is 371 Å². The summed E-state index contributed by atoms with van der Waals surface area (Å²) in [6.45, 7) is -0.651. The van der Waals surface area contributed by atoms with Crippen molar-refractivity contribution in [1.82, 2.24) is 0 Å². The molecule has 0 aromatic rings. The summed E-state index contributed by atoms with van der Waals surface area (Å²) in [7, 11) is 0. The maximum atomic E-state index is 11.7. The standard InChI is InChI=1S/C49H73I7O34/c50-1-10-34-18(58)26(66)42(75-10)84-35-11(2-51)77-44(28(68)20(35)60)86-37-13(4-53)79-46(30(70)22(37)62)88-39-15(6-55)81-48(32(72)24(39)64)90-41-17(8-74-9-57)82-49(33(73)25(41)65)89-40-16(7-56)80-47(31(71)23(40)63)87-38-14(5-54)78-45(29(69)21(38)61)85-36-12(3-52)76-43(83-34)27(67)19(36)59/h9-49,58-73H,1-8H2/t10-,11-,12-,13-,14-,15-,16-,17-,18-,19-,20-,21-,22-,23-,24-,25-,26-,27-,28-,29-,30-,31-,32-,33-,34-,35-,36-,37-,38-,39-,40-,41-,42-,43-,44-,45-,46-,47-,48-,49-/m1/s1. The third-order valence-corrected chi connectivity index (χ3v) is 22.9. The topological polar surface area (TPSA) is 498 Å². The minimum absolute atomic E-state index is 0.0139. The number of aliphatic hydroxyl groups is 16. The summed E-state index contributed by atoms with van der Waals surface area (Å²) in [5.41, 5.74) is 0. The first-order chi connectivity index (χ1) is 42.9. The van der Waals surface area contributed by atoms with Crippen LogP contribution in [0.15, 0.2) is 0 Å². The smallest absolute Gasteiger partial charge is 0.293 e. The number of rotatable bonds is 10. The van der Waals surface area contributed by atoms with Gasteiger partial charge < -0.3 is 162 Å². The lowest BCUT2D eigenvalue weighted by Crippen LogP contribution is -2.68. The SMILES string of the molecule is O=COC[C@H]1O[C@@H]2O[C@H]3[C@H](O)[C@@H](O)[C@@H](O[C@H]4[C@H](O)[C@@H](O)[C@@H](O[C@H]5[C@H](O)[C@@H](O)[C@@H](O[C@H]6[C@H](O)[C@@H](O)[C@@H](O[C@H]7[C@H](O)[C@@H](O)[C@@H](O[C@H]8[C@H](O)[C@@H](O)[C@@H](O[C@H]9[C@H](O)[C@@H](O)[C@@H](O[C@H]1[C@H](O)[C@H]2O)O[C@@H]9CI)O[C@@H]8CI)O[C@@H]7CI)O[C@@H]6CI)O[C@@H]5CI)O[C@@H]4CI)O[C@@H]3CI. The number of carbonyl (C=O) groups excluding carboxylic acids is 1. The Labute approximate surface area is 608 Å². The second kappa shape index (κ2) is 34.5. The molecule has 90 heavy (non-hydrogen) atoms. The van der Waals surface area contributed by atoms with E-state index in [2.05, 4.69) is 0 Å². The summed E-state index contributed by atoms with van der Waals surface area (Å²) in [6, 6.07) is 0. The summed E-state index contributed by atoms with van der Waals surface area (Å²) in [5.74, 6) is 0. The highest BCUT2D eigenvalue weighted by Crippen LogP contribution is 2.41. The van der Waals surface area contributed by atoms with E-state index in [1.165, 1.54) is 0 Å². The number of aliphatic hydroxyl groups excluding tert-OH is 16. The van der Waals surface area contributed by atoms with E-state index in [9.17, 15) is 86.5 Å². The van der Waals surface area contributed by atoms with Gasteiger partial charge in [0.1, 0.15) is 159 Å². The van der Waals surface area contributed by atoms with Crippen LogP contribution >= 0.6 is 158 Å². The second-order valence-electron chi connectivity index (χ2n) is 22.5. The number of hydrogen-bond donors (Lipinski definition) is 16. The Morgan fingerprint density at radius 1 is 0.222 bits per heavy atom. The van der Waals surface area contributed by atoms with Crippen molar-refractivity contribution in [2.75, 3.05) is 37.6 Å². The van der Waals surface area contributed by atoms with E-state index in [4.69, 9.17) is 80.5 Å². The second-order valence-corrected chi connectivity index (χ2v) is 28.7. The van der Waals surface area contributed by atoms with Gasteiger partial charge in [-0.3, -0.25) is 4.79 Å². The maximum Gasteiger partial charge on any atom is 0.293 e. The van der Waals surface area contributed by atoms with Crippen LogP contribution in [-0.2, 0) is 85.3 Å². The first-order valence-electron chi connectivity index (χ1n) is 28.2. The van der Waals surface area contributed by atoms with Gasteiger partial charge in [0.25, 0.3) is 6.47 Å². The quantitative estimate of drug-likeness (QED) is 0.0549. The van der Waals surface area contributed by atoms with Gasteiger partial charge in [0.05, 0.1) is 42.7 Å². The molecule has 522 valence electrons. The van der Waals surface area contributed by atoms with Crippen molar-refractivity contribution >= 4 is 165 Å². The first kappa shape index (κ1) is 77.5. The minimum Gasteiger partial charge on any atom is -0.465 e. The van der Waals surface area contributed by atoms with E-state index < -0.39 is 252 Å². The zero-order valence-electron chi connectivity index (χ0n) is 46.5. The summed E-state index contributed by atoms with van der Waals surface area (Å²) in [5, 5.41) is 186. The third-order valence-electron chi connectivity index (χ3n) is 16.8. The van der Waals surface area contributed by atoms with Crippen molar-refractivity contribution in [3.05, 3.63) is 0 Å². The molecule has 0 amide bonds. The Morgan fingerprint density at radius 2 is 0.356 bits per heavy atom. The normalized spacial score (nSPS) is 54.3. The van der Waals surface area contributed by atoms with Crippen LogP contribution in [0.25, 0.3) is 0 Å². The highest BCUT2D eigenvalue weighted by molar-refractivity contribution is 14.1. The highest BCUT2D eigenvalue weighted by atomic mass is 127. The predicted octanol–water partition coefficient (Wildman–Crippen LogP) is -7.13. The average molecular weight is 2090 g/mol. The molecule has 41 heteroatoms. The summed E-state index contributed by atoms with van der Waals surface area (Å²) >= 11 is 13.2. The van der Waals surface area contributed by atoms with E-state index in [0.29, 0.717) is 0 Å². The number of ether oxygens (including phenoxy) is 17. The molecule has 0 aliphatic carbocycles. The van der Waals surface area contributed by atoms with Crippen LogP contribution in [0.4, 0.5) is 0 Å². The monoisotopic (exact) mass is 2090 g/mol. The predicted molar refractivity (Wildman–Crippen MR) is 349 cm³/mol. The number of halogens is 7. The average Bonchev–Trinajstić information content (AvgIpc) is 0.824. The van der Waals surface area contributed by atoms with E-state index in [1.807, 2.05) is 158 Å². The lowest BCUT2D eigenvalue weighted by molar-refractivity contribution is -0.397. The maximum absolute atomic E-state index is 11.7. The van der Waals surface area contributed by atoms with Crippen molar-refractivity contribution in [2.24, 2.45) is 0 Å². The Kier molecular flexibility index (Phi) is 29.7. The Morgan fingerprint density at radius 3 is 0.489 bits per heavy atom. The molecule has 34 nitrogen and oxygen atoms in total. The third kappa shape index (κ3) is 16.4. The van der Waals surface area contributed by atoms with Gasteiger partial charge in [-0.1, -0.05) is 158 Å². The van der Waals surface area contributed by atoms with Crippen LogP contribution in [0.1, 0.15) is 0 Å². The van der Waals surface area contributed by atoms with Crippen molar-refractivity contribution in [3.8, 4) is 0 Å². The van der Waals surface area contributed by atoms with Crippen molar-refractivity contribution in [3.63, 3.8) is 0 Å². The van der Waals surface area contributed by atoms with E-state index >= 15 is 0 Å². The van der Waals surface area contributed by atoms with Crippen molar-refractivity contribution < 1.29 is 167 Å². The zero-order valence-corrected chi connectivity index (χ0v) is 61.6. The molecule has 30 fully saturated rings. The molecule has 0 unspecified atom stereocenters. The lowest BCUT2D eigenvalue weighted by Gasteiger charge is -2.50. The van der Waals surface area contributed by atoms with Gasteiger partial charge in [-0.05, 0) is 0 Å². The Bertz CT molecular complexity index is 2230. The number of carbonyl (C=O) groups is 1. The van der Waals surface area contributed by atoms with Gasteiger partial charge in [0.2, 0.25) is 0 Å². The van der Waals surface area contributed by atoms with Crippen LogP contribution in [0.2, 0.25) is 0 Å². The fourth-order valence-electron chi connectivity index (χ4n) is 11.9. The fraction of sp³-hybridized carbons (Fsp3) is 0.980. The van der Waals surface area contributed by atoms with Gasteiger partial charge in [-0.15, -0.1) is 0 Å². The summed E-state index contributed by atoms with van der Waals surface area (Å²) in [4.78, 5) is 11.5. The Balaban J connectivity index is 0.985. The summed E-state index contributed by atoms with van der Waals surface area (Å²) < 4.78 is 102. The Hall–Kier alpha value is 3.30. The molecule has 0 radical (unpaired) electrons. The zero-order chi connectivity index (χ0) is 65.5. The number of alkyl halides is 7. The van der Waals surface area contributed by atoms with Crippen LogP contribution < -0.4 is 0 Å². The number of hydrogen-bond acceptors (Lipinski definition) is 34. The van der Waals surface area contributed by atoms with Gasteiger partial charge in [-0.25, -0.2) is 0 Å². The van der Waals surface area contributed by atoms with Crippen LogP contribution in [0.3, 0.4) is 0 Å². The van der Waals surface area contributed by atoms with Gasteiger partial charge in [-0.2, -0.15) is 0 Å². The molecule has 0 saturated carbocycles. The lowest BCUT2D eigenvalue weighted by atomic mass is 9.95. The fourth-order valence-corrected chi connectivity index (χ4v) is 16.8. The summed E-state index contributed by atoms with van der Waals surface area (Å²) in [6.07, 6.45) is -67.7. The molecule has 30 heterocycles. The molecule has 0 aromatic heterocycles. The molecular weight excluding hydrogens is 2020 g/mol. The van der Waals surface area contributed by atoms with Crippen molar-refractivity contribution in [2.45, 2.75) is 246 Å². The molecule has 0 spiro atoms. The minimum atomic E-state index is -2.08. The molecule has 0 aromatic carbocycles. The molecule has 30 aliphatic heterocycles. The van der Waals surface area contributed by atoms with Crippen LogP contribution in [0.5, 0.6) is 0 Å². The van der Waals surface area contributed by atoms with Gasteiger partial charge in [0, 0.05) is 31.0 Å². The van der Waals surface area contributed by atoms with E-state index in [1.54, 1.807) is 0 Å². The van der Waals surface area contributed by atoms with Crippen molar-refractivity contribution in [1.29, 1.82) is 0 Å². The first-order valence-corrected chi connectivity index (χ1v) is 38.9. The highest BCUT2D eigenvalue weighted by Gasteiger charge is 2.60. The van der Waals surface area contributed by atoms with E-state index in [-0.39, 0.29) is 37.5 Å². The van der Waals surface area contributed by atoms with Crippen LogP contribution in [0, 0.1) is 0 Å². The van der Waals surface area contributed by atoms with E-state index in [0.717, 1.165) is 0 Å². The van der Waals surface area contributed by atoms with Gasteiger partial charge >= 0.3 is 0 Å². The molecule has 16 N–H and O–H groups in total. The van der Waals surface area contributed by atoms with Gasteiger partial charge in [0.15, 0.2) is 50.3 Å². The molecule has 30 aliphatic rings. The molecular formula is C49H73I7O34. The molecule has 30 rings (SSSR count). The molecule has 40 atom stereocenters. The molecule has 30 saturated heterocycles. The largest absolute Gasteiger partial charge is 0.465 e. The molecule has 16 bridgehead atoms.